The molecular formula is C13H14BrFN3O3S-. The van der Waals surface area contributed by atoms with Crippen molar-refractivity contribution in [3.05, 3.63) is 28.5 Å². The van der Waals surface area contributed by atoms with E-state index in [2.05, 4.69) is 20.9 Å². The molecule has 22 heavy (non-hydrogen) atoms. The number of carbonyl (C=O) groups is 1. The zero-order valence-corrected chi connectivity index (χ0v) is 13.9. The molecule has 2 rings (SSSR count). The van der Waals surface area contributed by atoms with Crippen molar-refractivity contribution < 1.29 is 17.9 Å². The molecule has 1 aromatic rings. The maximum Gasteiger partial charge on any atom is 0.200 e. The summed E-state index contributed by atoms with van der Waals surface area (Å²) < 4.78 is 36.3. The summed E-state index contributed by atoms with van der Waals surface area (Å²) in [6.45, 7) is 0.587. The van der Waals surface area contributed by atoms with Crippen LogP contribution in [-0.4, -0.2) is 37.8 Å². The number of hydrogen-bond donors (Lipinski definition) is 1. The fourth-order valence-electron chi connectivity index (χ4n) is 2.22. The number of hydrogen-bond acceptors (Lipinski definition) is 4. The minimum absolute atomic E-state index is 0.153. The fourth-order valence-corrected chi connectivity index (χ4v) is 3.10. The monoisotopic (exact) mass is 390 g/mol. The highest BCUT2D eigenvalue weighted by Gasteiger charge is 2.27. The van der Waals surface area contributed by atoms with Gasteiger partial charge in [-0.1, -0.05) is 0 Å². The maximum atomic E-state index is 13.1. The summed E-state index contributed by atoms with van der Waals surface area (Å²) in [6, 6.07) is 4.07. The first kappa shape index (κ1) is 17.2. The lowest BCUT2D eigenvalue weighted by Gasteiger charge is -2.31. The van der Waals surface area contributed by atoms with Gasteiger partial charge in [-0.3, -0.25) is 9.00 Å². The standard InChI is InChI=1S/C13H15BrFN3O3S/c14-10-7-9(1-2-11(10)15)17-13(16)12(19)8-3-5-18(6-4-8)22(20)21/h1-2,7-8H,3-6H2,(H2,16,17)(H,20,21)/p-1. The minimum atomic E-state index is -2.26. The molecule has 1 saturated heterocycles. The molecule has 1 aromatic carbocycles. The van der Waals surface area contributed by atoms with Gasteiger partial charge in [0, 0.05) is 30.3 Å². The van der Waals surface area contributed by atoms with Gasteiger partial charge in [-0.05, 0) is 47.0 Å². The first-order valence-electron chi connectivity index (χ1n) is 6.56. The molecule has 1 atom stereocenters. The van der Waals surface area contributed by atoms with Gasteiger partial charge in [0.1, 0.15) is 5.82 Å². The van der Waals surface area contributed by atoms with E-state index < -0.39 is 17.1 Å². The van der Waals surface area contributed by atoms with Crippen LogP contribution in [0.25, 0.3) is 0 Å². The Labute approximate surface area is 138 Å². The topological polar surface area (TPSA) is 98.8 Å². The smallest absolute Gasteiger partial charge is 0.200 e. The second-order valence-electron chi connectivity index (χ2n) is 4.88. The molecular weight excluding hydrogens is 377 g/mol. The number of Topliss-reactive ketones (excluding diaryl/α,β-unsaturated/α-hetero) is 1. The van der Waals surface area contributed by atoms with Crippen molar-refractivity contribution in [1.82, 2.24) is 4.31 Å². The lowest BCUT2D eigenvalue weighted by molar-refractivity contribution is -0.117. The van der Waals surface area contributed by atoms with Crippen LogP contribution >= 0.6 is 15.9 Å². The van der Waals surface area contributed by atoms with E-state index in [-0.39, 0.29) is 22.0 Å². The highest BCUT2D eigenvalue weighted by atomic mass is 79.9. The minimum Gasteiger partial charge on any atom is -0.760 e. The third kappa shape index (κ3) is 4.19. The molecule has 1 heterocycles. The summed E-state index contributed by atoms with van der Waals surface area (Å²) in [4.78, 5) is 16.2. The van der Waals surface area contributed by atoms with Crippen molar-refractivity contribution in [3.63, 3.8) is 0 Å². The number of benzene rings is 1. The largest absolute Gasteiger partial charge is 0.760 e. The fraction of sp³-hybridized carbons (Fsp3) is 0.385. The molecule has 1 unspecified atom stereocenters. The number of halogens is 2. The van der Waals surface area contributed by atoms with Crippen LogP contribution < -0.4 is 5.73 Å². The van der Waals surface area contributed by atoms with Gasteiger partial charge >= 0.3 is 0 Å². The quantitative estimate of drug-likeness (QED) is 0.479. The number of rotatable bonds is 4. The predicted octanol–water partition coefficient (Wildman–Crippen LogP) is 1.65. The van der Waals surface area contributed by atoms with Crippen LogP contribution in [0.2, 0.25) is 0 Å². The van der Waals surface area contributed by atoms with Gasteiger partial charge in [0.05, 0.1) is 10.2 Å². The number of amidine groups is 1. The third-order valence-corrected chi connectivity index (χ3v) is 4.84. The van der Waals surface area contributed by atoms with E-state index >= 15 is 0 Å². The van der Waals surface area contributed by atoms with Crippen LogP contribution in [0.15, 0.2) is 27.7 Å². The number of nitrogens with two attached hydrogens (primary N) is 1. The Hall–Kier alpha value is -1.16. The molecule has 2 N–H and O–H groups in total. The molecule has 0 aromatic heterocycles. The molecule has 0 saturated carbocycles. The number of nitrogens with zero attached hydrogens (tertiary/aromatic N) is 2. The Morgan fingerprint density at radius 3 is 2.64 bits per heavy atom. The Morgan fingerprint density at radius 2 is 2.09 bits per heavy atom. The van der Waals surface area contributed by atoms with Gasteiger partial charge < -0.3 is 10.3 Å². The van der Waals surface area contributed by atoms with E-state index in [1.54, 1.807) is 0 Å². The summed E-state index contributed by atoms with van der Waals surface area (Å²) >= 11 is 0.778. The summed E-state index contributed by atoms with van der Waals surface area (Å²) in [5.41, 5.74) is 6.09. The predicted molar refractivity (Wildman–Crippen MR) is 83.6 cm³/mol. The van der Waals surface area contributed by atoms with Crippen LogP contribution in [0.1, 0.15) is 12.8 Å². The first-order chi connectivity index (χ1) is 10.4. The van der Waals surface area contributed by atoms with Crippen LogP contribution in [-0.2, 0) is 16.1 Å². The Bertz CT molecular complexity index is 633. The van der Waals surface area contributed by atoms with Crippen molar-refractivity contribution in [2.75, 3.05) is 13.1 Å². The molecule has 6 nitrogen and oxygen atoms in total. The van der Waals surface area contributed by atoms with Crippen molar-refractivity contribution in [3.8, 4) is 0 Å². The van der Waals surface area contributed by atoms with Crippen molar-refractivity contribution in [2.24, 2.45) is 16.6 Å². The Kier molecular flexibility index (Phi) is 5.79. The Balaban J connectivity index is 2.04. The molecule has 0 aliphatic carbocycles. The Morgan fingerprint density at radius 1 is 1.45 bits per heavy atom. The van der Waals surface area contributed by atoms with Crippen molar-refractivity contribution in [2.45, 2.75) is 12.8 Å². The number of aliphatic imine (C=N–C) groups is 1. The van der Waals surface area contributed by atoms with E-state index in [9.17, 15) is 17.9 Å². The van der Waals surface area contributed by atoms with E-state index in [1.165, 1.54) is 22.5 Å². The highest BCUT2D eigenvalue weighted by Crippen LogP contribution is 2.23. The molecule has 1 fully saturated rings. The summed E-state index contributed by atoms with van der Waals surface area (Å²) in [5.74, 6) is -1.23. The highest BCUT2D eigenvalue weighted by molar-refractivity contribution is 9.10. The summed E-state index contributed by atoms with van der Waals surface area (Å²) in [5, 5.41) is 0. The second-order valence-corrected chi connectivity index (χ2v) is 6.69. The van der Waals surface area contributed by atoms with E-state index in [4.69, 9.17) is 5.73 Å². The molecule has 9 heteroatoms. The normalized spacial score (nSPS) is 19.1. The van der Waals surface area contributed by atoms with Gasteiger partial charge in [0.2, 0.25) is 5.78 Å². The van der Waals surface area contributed by atoms with E-state index in [1.807, 2.05) is 0 Å². The lowest BCUT2D eigenvalue weighted by atomic mass is 9.93. The van der Waals surface area contributed by atoms with Gasteiger partial charge in [0.25, 0.3) is 0 Å². The molecule has 0 radical (unpaired) electrons. The lowest BCUT2D eigenvalue weighted by Crippen LogP contribution is -2.40. The van der Waals surface area contributed by atoms with Gasteiger partial charge in [-0.25, -0.2) is 13.7 Å². The van der Waals surface area contributed by atoms with E-state index in [0.29, 0.717) is 31.6 Å². The average molecular weight is 391 g/mol. The SMILES string of the molecule is NC(=Nc1ccc(F)c(Br)c1)C(=O)C1CCN(S(=O)[O-])CC1. The summed E-state index contributed by atoms with van der Waals surface area (Å²) in [6.07, 6.45) is 0.826. The van der Waals surface area contributed by atoms with Crippen LogP contribution in [0.4, 0.5) is 10.1 Å². The van der Waals surface area contributed by atoms with Crippen LogP contribution in [0, 0.1) is 11.7 Å². The zero-order chi connectivity index (χ0) is 16.3. The molecule has 120 valence electrons. The maximum absolute atomic E-state index is 13.1. The molecule has 0 spiro atoms. The van der Waals surface area contributed by atoms with Gasteiger partial charge in [0.15, 0.2) is 5.84 Å². The van der Waals surface area contributed by atoms with Gasteiger partial charge in [-0.2, -0.15) is 0 Å². The van der Waals surface area contributed by atoms with Crippen LogP contribution in [0.3, 0.4) is 0 Å². The molecule has 0 amide bonds. The first-order valence-corrected chi connectivity index (χ1v) is 8.38. The third-order valence-electron chi connectivity index (χ3n) is 3.44. The molecule has 0 bridgehead atoms. The number of carbonyl (C=O) groups excluding carboxylic acids is 1. The number of ketones is 1. The average Bonchev–Trinajstić information content (AvgIpc) is 2.50. The van der Waals surface area contributed by atoms with Gasteiger partial charge in [-0.15, -0.1) is 0 Å². The van der Waals surface area contributed by atoms with Crippen molar-refractivity contribution in [1.29, 1.82) is 0 Å². The molecule has 1 aliphatic heterocycles. The zero-order valence-electron chi connectivity index (χ0n) is 11.5. The number of piperidine rings is 1. The summed E-state index contributed by atoms with van der Waals surface area (Å²) in [7, 11) is 0. The van der Waals surface area contributed by atoms with Crippen molar-refractivity contribution >= 4 is 44.5 Å². The molecule has 1 aliphatic rings. The second kappa shape index (κ2) is 7.40. The van der Waals surface area contributed by atoms with E-state index in [0.717, 1.165) is 0 Å². The van der Waals surface area contributed by atoms with Crippen LogP contribution in [0.5, 0.6) is 0 Å².